The smallest absolute Gasteiger partial charge is 0.327 e. The Balaban J connectivity index is 0.000000369. The normalized spacial score (nSPS) is 11.6. The van der Waals surface area contributed by atoms with E-state index in [-0.39, 0.29) is 0 Å². The van der Waals surface area contributed by atoms with Gasteiger partial charge in [-0.1, -0.05) is 6.58 Å². The van der Waals surface area contributed by atoms with Gasteiger partial charge < -0.3 is 15.1 Å². The number of nitrogens with zero attached hydrogens (tertiary/aromatic N) is 2. The van der Waals surface area contributed by atoms with Crippen LogP contribution in [0.3, 0.4) is 0 Å². The number of hydrogen-bond acceptors (Lipinski definition) is 3. The number of aromatic nitrogens is 4. The Morgan fingerprint density at radius 2 is 1.07 bits per heavy atom. The van der Waals surface area contributed by atoms with Crippen molar-refractivity contribution in [3.63, 3.8) is 0 Å². The molecular weight excluding hydrogens is 364 g/mol. The number of hydrogen-bond donors (Lipinski definition) is 3. The van der Waals surface area contributed by atoms with Gasteiger partial charge in [-0.25, -0.2) is 14.8 Å². The lowest BCUT2D eigenvalue weighted by Gasteiger charge is -1.86. The third-order valence-corrected chi connectivity index (χ3v) is 4.22. The topological polar surface area (TPSA) is 94.7 Å². The standard InChI is InChI=1S/C20H14N4.C3H4O2/c1-2-14-10-16-5-6-18(23-16)12-20-8-7-19(24-20)11-17-4-3-15(22-17)9-13(1)21-14;1-2-3(4)5/h1-12,21-22H;2H,1H2,(H,4,5). The molecule has 29 heavy (non-hydrogen) atoms. The molecule has 3 N–H and O–H groups in total. The molecule has 0 spiro atoms. The maximum atomic E-state index is 9.25. The minimum Gasteiger partial charge on any atom is -0.478 e. The van der Waals surface area contributed by atoms with E-state index in [9.17, 15) is 4.79 Å². The van der Waals surface area contributed by atoms with Crippen molar-refractivity contribution in [1.82, 2.24) is 19.9 Å². The first-order valence-electron chi connectivity index (χ1n) is 8.97. The van der Waals surface area contributed by atoms with Crippen molar-refractivity contribution >= 4 is 52.3 Å². The fourth-order valence-electron chi connectivity index (χ4n) is 2.94. The van der Waals surface area contributed by atoms with Gasteiger partial charge in [0.1, 0.15) is 0 Å². The number of rotatable bonds is 1. The van der Waals surface area contributed by atoms with E-state index in [0.29, 0.717) is 0 Å². The van der Waals surface area contributed by atoms with Gasteiger partial charge in [0, 0.05) is 28.1 Å². The zero-order chi connectivity index (χ0) is 20.2. The van der Waals surface area contributed by atoms with Crippen LogP contribution in [0.15, 0.2) is 61.2 Å². The molecule has 0 atom stereocenters. The van der Waals surface area contributed by atoms with Gasteiger partial charge in [0.25, 0.3) is 0 Å². The average molecular weight is 382 g/mol. The number of carbonyl (C=O) groups is 1. The maximum Gasteiger partial charge on any atom is 0.327 e. The van der Waals surface area contributed by atoms with Gasteiger partial charge >= 0.3 is 5.97 Å². The Bertz CT molecular complexity index is 1220. The van der Waals surface area contributed by atoms with Crippen molar-refractivity contribution in [1.29, 1.82) is 0 Å². The van der Waals surface area contributed by atoms with E-state index in [0.717, 1.165) is 50.9 Å². The highest BCUT2D eigenvalue weighted by Crippen LogP contribution is 2.17. The summed E-state index contributed by atoms with van der Waals surface area (Å²) in [6.07, 6.45) is 8.88. The van der Waals surface area contributed by atoms with Crippen LogP contribution < -0.4 is 0 Å². The number of aromatic amines is 2. The molecule has 6 heteroatoms. The van der Waals surface area contributed by atoms with Gasteiger partial charge in [-0.2, -0.15) is 0 Å². The summed E-state index contributed by atoms with van der Waals surface area (Å²) in [6, 6.07) is 16.4. The lowest BCUT2D eigenvalue weighted by atomic mass is 10.3. The van der Waals surface area contributed by atoms with Crippen LogP contribution in [0.2, 0.25) is 0 Å². The molecule has 0 radical (unpaired) electrons. The molecule has 2 aliphatic heterocycles. The minimum atomic E-state index is -0.981. The van der Waals surface area contributed by atoms with E-state index in [1.165, 1.54) is 0 Å². The Labute approximate surface area is 166 Å². The van der Waals surface area contributed by atoms with Crippen molar-refractivity contribution in [2.24, 2.45) is 0 Å². The predicted octanol–water partition coefficient (Wildman–Crippen LogP) is 4.91. The predicted molar refractivity (Wildman–Crippen MR) is 117 cm³/mol. The highest BCUT2D eigenvalue weighted by atomic mass is 16.4. The highest BCUT2D eigenvalue weighted by molar-refractivity contribution is 5.79. The molecule has 0 saturated carbocycles. The van der Waals surface area contributed by atoms with Crippen LogP contribution in [0.1, 0.15) is 22.8 Å². The molecule has 5 rings (SSSR count). The third kappa shape index (κ3) is 4.56. The lowest BCUT2D eigenvalue weighted by molar-refractivity contribution is -0.131. The molecule has 0 aliphatic carbocycles. The molecule has 5 heterocycles. The van der Waals surface area contributed by atoms with Crippen molar-refractivity contribution in [3.05, 3.63) is 84.0 Å². The van der Waals surface area contributed by atoms with Gasteiger partial charge in [0.15, 0.2) is 0 Å². The van der Waals surface area contributed by atoms with E-state index < -0.39 is 5.97 Å². The number of carboxylic acid groups (broad SMARTS) is 1. The van der Waals surface area contributed by atoms with Crippen LogP contribution in [0.4, 0.5) is 0 Å². The summed E-state index contributed by atoms with van der Waals surface area (Å²) in [7, 11) is 0. The number of H-pyrrole nitrogens is 2. The average Bonchev–Trinajstić information content (AvgIpc) is 3.47. The number of fused-ring (bicyclic) bond motifs is 8. The van der Waals surface area contributed by atoms with Crippen LogP contribution in [0.25, 0.3) is 46.4 Å². The molecule has 6 nitrogen and oxygen atoms in total. The van der Waals surface area contributed by atoms with E-state index in [4.69, 9.17) is 5.11 Å². The summed E-state index contributed by atoms with van der Waals surface area (Å²) in [5, 5.41) is 7.60. The summed E-state index contributed by atoms with van der Waals surface area (Å²) in [5.74, 6) is -0.981. The molecule has 0 saturated heterocycles. The molecule has 8 bridgehead atoms. The Hall–Kier alpha value is -4.19. The van der Waals surface area contributed by atoms with Crippen LogP contribution in [-0.2, 0) is 4.79 Å². The molecule has 2 aliphatic rings. The Morgan fingerprint density at radius 1 is 0.724 bits per heavy atom. The van der Waals surface area contributed by atoms with Gasteiger partial charge in [0.2, 0.25) is 0 Å². The van der Waals surface area contributed by atoms with Crippen LogP contribution in [0, 0.1) is 0 Å². The lowest BCUT2D eigenvalue weighted by Crippen LogP contribution is -1.82. The minimum absolute atomic E-state index is 0.833. The SMILES string of the molecule is C1=Cc2cc3ccc(cc4ccc(cc5nc(cc1n2)C=C5)[nH]4)[nH]3.C=CC(=O)O. The second-order valence-corrected chi connectivity index (χ2v) is 6.45. The van der Waals surface area contributed by atoms with Gasteiger partial charge in [-0.05, 0) is 72.8 Å². The van der Waals surface area contributed by atoms with Gasteiger partial charge in [-0.3, -0.25) is 0 Å². The fraction of sp³-hybridized carbons (Fsp3) is 0. The Morgan fingerprint density at radius 3 is 1.45 bits per heavy atom. The largest absolute Gasteiger partial charge is 0.478 e. The van der Waals surface area contributed by atoms with Gasteiger partial charge in [0.05, 0.1) is 22.8 Å². The summed E-state index contributed by atoms with van der Waals surface area (Å²) in [6.45, 7) is 2.96. The van der Waals surface area contributed by atoms with E-state index in [1.54, 1.807) is 0 Å². The number of carboxylic acids is 1. The molecule has 3 aromatic heterocycles. The molecule has 142 valence electrons. The van der Waals surface area contributed by atoms with Crippen molar-refractivity contribution in [2.75, 3.05) is 0 Å². The number of nitrogens with one attached hydrogen (secondary N) is 2. The maximum absolute atomic E-state index is 9.25. The monoisotopic (exact) mass is 382 g/mol. The Kier molecular flexibility index (Phi) is 4.90. The van der Waals surface area contributed by atoms with Crippen LogP contribution in [-0.4, -0.2) is 31.0 Å². The number of aliphatic carboxylic acids is 1. The van der Waals surface area contributed by atoms with Crippen molar-refractivity contribution in [2.45, 2.75) is 0 Å². The second-order valence-electron chi connectivity index (χ2n) is 6.45. The quantitative estimate of drug-likeness (QED) is 0.359. The van der Waals surface area contributed by atoms with E-state index in [2.05, 4.69) is 56.8 Å². The van der Waals surface area contributed by atoms with Crippen molar-refractivity contribution < 1.29 is 9.90 Å². The van der Waals surface area contributed by atoms with Crippen LogP contribution >= 0.6 is 0 Å². The summed E-state index contributed by atoms with van der Waals surface area (Å²) < 4.78 is 0. The molecule has 0 amide bonds. The molecule has 3 aromatic rings. The van der Waals surface area contributed by atoms with Gasteiger partial charge in [-0.15, -0.1) is 0 Å². The zero-order valence-electron chi connectivity index (χ0n) is 15.5. The summed E-state index contributed by atoms with van der Waals surface area (Å²) in [5.41, 5.74) is 7.86. The fourth-order valence-corrected chi connectivity index (χ4v) is 2.94. The van der Waals surface area contributed by atoms with Crippen LogP contribution in [0.5, 0.6) is 0 Å². The first-order valence-corrected chi connectivity index (χ1v) is 8.97. The van der Waals surface area contributed by atoms with E-state index >= 15 is 0 Å². The van der Waals surface area contributed by atoms with Crippen molar-refractivity contribution in [3.8, 4) is 0 Å². The molecule has 0 unspecified atom stereocenters. The zero-order valence-corrected chi connectivity index (χ0v) is 15.5. The van der Waals surface area contributed by atoms with E-state index in [1.807, 2.05) is 42.5 Å². The summed E-state index contributed by atoms with van der Waals surface area (Å²) in [4.78, 5) is 25.3. The highest BCUT2D eigenvalue weighted by Gasteiger charge is 2.02. The molecule has 0 aromatic carbocycles. The second kappa shape index (κ2) is 7.82. The first-order chi connectivity index (χ1) is 14.1. The molecular formula is C23H18N4O2. The third-order valence-electron chi connectivity index (χ3n) is 4.22. The molecule has 0 fully saturated rings. The first kappa shape index (κ1) is 18.2. The summed E-state index contributed by atoms with van der Waals surface area (Å²) >= 11 is 0.